The summed E-state index contributed by atoms with van der Waals surface area (Å²) >= 11 is 0. The van der Waals surface area contributed by atoms with E-state index in [1.165, 1.54) is 5.56 Å². The van der Waals surface area contributed by atoms with E-state index in [4.69, 9.17) is 0 Å². The first-order chi connectivity index (χ1) is 9.79. The summed E-state index contributed by atoms with van der Waals surface area (Å²) in [7, 11) is 0. The van der Waals surface area contributed by atoms with Gasteiger partial charge < -0.3 is 4.57 Å². The first-order valence-corrected chi connectivity index (χ1v) is 6.58. The van der Waals surface area contributed by atoms with Crippen LogP contribution >= 0.6 is 0 Å². The van der Waals surface area contributed by atoms with Gasteiger partial charge in [-0.25, -0.2) is 0 Å². The molecule has 0 fully saturated rings. The van der Waals surface area contributed by atoms with Gasteiger partial charge in [0.15, 0.2) is 6.29 Å². The van der Waals surface area contributed by atoms with Crippen molar-refractivity contribution in [3.63, 3.8) is 0 Å². The van der Waals surface area contributed by atoms with Gasteiger partial charge in [-0.3, -0.25) is 4.79 Å². The number of aldehydes is 1. The molecule has 0 bridgehead atoms. The van der Waals surface area contributed by atoms with Gasteiger partial charge in [-0.05, 0) is 30.7 Å². The Morgan fingerprint density at radius 3 is 2.25 bits per heavy atom. The van der Waals surface area contributed by atoms with Gasteiger partial charge in [0.25, 0.3) is 0 Å². The van der Waals surface area contributed by atoms with E-state index in [9.17, 15) is 4.79 Å². The number of hydrogen-bond donors (Lipinski definition) is 0. The van der Waals surface area contributed by atoms with Gasteiger partial charge in [0.05, 0.1) is 5.69 Å². The molecular weight excluding hydrogens is 246 g/mol. The first kappa shape index (κ1) is 12.4. The predicted molar refractivity (Wildman–Crippen MR) is 81.3 cm³/mol. The fourth-order valence-electron chi connectivity index (χ4n) is 2.36. The van der Waals surface area contributed by atoms with E-state index in [-0.39, 0.29) is 0 Å². The van der Waals surface area contributed by atoms with Gasteiger partial charge in [-0.2, -0.15) is 0 Å². The molecule has 0 unspecified atom stereocenters. The number of aromatic nitrogens is 1. The quantitative estimate of drug-likeness (QED) is 0.645. The van der Waals surface area contributed by atoms with Gasteiger partial charge in [0.1, 0.15) is 0 Å². The monoisotopic (exact) mass is 261 g/mol. The van der Waals surface area contributed by atoms with Gasteiger partial charge in [0, 0.05) is 17.4 Å². The summed E-state index contributed by atoms with van der Waals surface area (Å²) in [5, 5.41) is 0. The summed E-state index contributed by atoms with van der Waals surface area (Å²) in [6.07, 6.45) is 2.86. The van der Waals surface area contributed by atoms with Crippen molar-refractivity contribution in [2.45, 2.75) is 6.92 Å². The highest BCUT2D eigenvalue weighted by Crippen LogP contribution is 2.26. The molecule has 20 heavy (non-hydrogen) atoms. The summed E-state index contributed by atoms with van der Waals surface area (Å²) < 4.78 is 1.93. The minimum absolute atomic E-state index is 0.681. The normalized spacial score (nSPS) is 10.4. The number of rotatable bonds is 3. The van der Waals surface area contributed by atoms with Crippen LogP contribution in [0.4, 0.5) is 0 Å². The highest BCUT2D eigenvalue weighted by molar-refractivity contribution is 5.87. The topological polar surface area (TPSA) is 22.0 Å². The maximum atomic E-state index is 11.5. The van der Waals surface area contributed by atoms with Crippen LogP contribution in [0, 0.1) is 6.92 Å². The molecule has 0 aliphatic heterocycles. The molecule has 0 saturated heterocycles. The predicted octanol–water partition coefficient (Wildman–Crippen LogP) is 4.27. The van der Waals surface area contributed by atoms with Crippen LogP contribution in [0.5, 0.6) is 0 Å². The van der Waals surface area contributed by atoms with E-state index in [2.05, 4.69) is 6.92 Å². The van der Waals surface area contributed by atoms with Crippen LogP contribution in [0.3, 0.4) is 0 Å². The zero-order chi connectivity index (χ0) is 13.9. The molecule has 0 aliphatic rings. The fraction of sp³-hybridized carbons (Fsp3) is 0.0556. The van der Waals surface area contributed by atoms with Crippen LogP contribution in [-0.2, 0) is 0 Å². The van der Waals surface area contributed by atoms with Crippen molar-refractivity contribution in [2.75, 3.05) is 0 Å². The Hall–Kier alpha value is -2.61. The van der Waals surface area contributed by atoms with Crippen LogP contribution in [0.1, 0.15) is 16.1 Å². The molecule has 0 aliphatic carbocycles. The SMILES string of the molecule is Cc1ccc(-n2ccc(-c3ccccc3)c2C=O)cc1. The third-order valence-electron chi connectivity index (χ3n) is 3.43. The van der Waals surface area contributed by atoms with E-state index >= 15 is 0 Å². The molecular formula is C18H15NO. The minimum atomic E-state index is 0.681. The number of nitrogens with zero attached hydrogens (tertiary/aromatic N) is 1. The number of aryl methyl sites for hydroxylation is 1. The third kappa shape index (κ3) is 2.16. The van der Waals surface area contributed by atoms with Crippen molar-refractivity contribution in [1.29, 1.82) is 0 Å². The molecule has 0 N–H and O–H groups in total. The summed E-state index contributed by atoms with van der Waals surface area (Å²) in [5.41, 5.74) is 4.90. The number of carbonyl (C=O) groups excluding carboxylic acids is 1. The lowest BCUT2D eigenvalue weighted by Gasteiger charge is -2.07. The van der Waals surface area contributed by atoms with Crippen LogP contribution in [0.15, 0.2) is 66.9 Å². The smallest absolute Gasteiger partial charge is 0.167 e. The minimum Gasteiger partial charge on any atom is -0.314 e. The molecule has 0 atom stereocenters. The standard InChI is InChI=1S/C18H15NO/c1-14-7-9-16(10-8-14)19-12-11-17(18(19)13-20)15-5-3-2-4-6-15/h2-13H,1H3. The molecule has 1 heterocycles. The maximum absolute atomic E-state index is 11.5. The summed E-state index contributed by atoms with van der Waals surface area (Å²) in [6, 6.07) is 20.1. The zero-order valence-electron chi connectivity index (χ0n) is 11.3. The Kier molecular flexibility index (Phi) is 3.21. The van der Waals surface area contributed by atoms with Crippen molar-refractivity contribution in [3.8, 4) is 16.8 Å². The second kappa shape index (κ2) is 5.17. The average Bonchev–Trinajstić information content (AvgIpc) is 2.93. The molecule has 2 nitrogen and oxygen atoms in total. The summed E-state index contributed by atoms with van der Waals surface area (Å²) in [6.45, 7) is 2.05. The van der Waals surface area contributed by atoms with Crippen molar-refractivity contribution in [1.82, 2.24) is 4.57 Å². The van der Waals surface area contributed by atoms with E-state index in [0.29, 0.717) is 5.69 Å². The molecule has 2 aromatic carbocycles. The number of benzene rings is 2. The van der Waals surface area contributed by atoms with Crippen LogP contribution < -0.4 is 0 Å². The van der Waals surface area contributed by atoms with Gasteiger partial charge in [-0.1, -0.05) is 48.0 Å². The Labute approximate surface area is 118 Å². The average molecular weight is 261 g/mol. The fourth-order valence-corrected chi connectivity index (χ4v) is 2.36. The Bertz CT molecular complexity index is 724. The molecule has 98 valence electrons. The van der Waals surface area contributed by atoms with Crippen molar-refractivity contribution in [3.05, 3.63) is 78.1 Å². The Morgan fingerprint density at radius 1 is 0.900 bits per heavy atom. The lowest BCUT2D eigenvalue weighted by atomic mass is 10.1. The molecule has 0 saturated carbocycles. The summed E-state index contributed by atoms with van der Waals surface area (Å²) in [5.74, 6) is 0. The lowest BCUT2D eigenvalue weighted by molar-refractivity contribution is 0.111. The molecule has 0 radical (unpaired) electrons. The maximum Gasteiger partial charge on any atom is 0.167 e. The van der Waals surface area contributed by atoms with E-state index in [1.807, 2.05) is 71.4 Å². The van der Waals surface area contributed by atoms with E-state index in [0.717, 1.165) is 23.1 Å². The summed E-state index contributed by atoms with van der Waals surface area (Å²) in [4.78, 5) is 11.5. The van der Waals surface area contributed by atoms with Crippen molar-refractivity contribution in [2.24, 2.45) is 0 Å². The highest BCUT2D eigenvalue weighted by Gasteiger charge is 2.11. The van der Waals surface area contributed by atoms with E-state index < -0.39 is 0 Å². The van der Waals surface area contributed by atoms with Crippen molar-refractivity contribution < 1.29 is 4.79 Å². The third-order valence-corrected chi connectivity index (χ3v) is 3.43. The van der Waals surface area contributed by atoms with E-state index in [1.54, 1.807) is 0 Å². The number of hydrogen-bond acceptors (Lipinski definition) is 1. The molecule has 2 heteroatoms. The molecule has 3 rings (SSSR count). The van der Waals surface area contributed by atoms with Gasteiger partial charge in [0.2, 0.25) is 0 Å². The highest BCUT2D eigenvalue weighted by atomic mass is 16.1. The molecule has 3 aromatic rings. The van der Waals surface area contributed by atoms with Crippen molar-refractivity contribution >= 4 is 6.29 Å². The number of carbonyl (C=O) groups is 1. The molecule has 0 spiro atoms. The Balaban J connectivity index is 2.13. The second-order valence-corrected chi connectivity index (χ2v) is 4.80. The zero-order valence-corrected chi connectivity index (χ0v) is 11.3. The lowest BCUT2D eigenvalue weighted by Crippen LogP contribution is -1.98. The van der Waals surface area contributed by atoms with Crippen LogP contribution in [0.2, 0.25) is 0 Å². The van der Waals surface area contributed by atoms with Crippen LogP contribution in [0.25, 0.3) is 16.8 Å². The van der Waals surface area contributed by atoms with Gasteiger partial charge in [-0.15, -0.1) is 0 Å². The largest absolute Gasteiger partial charge is 0.314 e. The molecule has 1 aromatic heterocycles. The first-order valence-electron chi connectivity index (χ1n) is 6.58. The Morgan fingerprint density at radius 2 is 1.60 bits per heavy atom. The molecule has 0 amide bonds. The van der Waals surface area contributed by atoms with Crippen LogP contribution in [-0.4, -0.2) is 10.9 Å². The second-order valence-electron chi connectivity index (χ2n) is 4.80. The van der Waals surface area contributed by atoms with Gasteiger partial charge >= 0.3 is 0 Å².